The van der Waals surface area contributed by atoms with Crippen LogP contribution in [0.4, 0.5) is 8.78 Å². The lowest BCUT2D eigenvalue weighted by molar-refractivity contribution is -0.00691. The molecule has 0 spiro atoms. The van der Waals surface area contributed by atoms with E-state index in [1.54, 1.807) is 0 Å². The Balaban J connectivity index is 2.33. The Morgan fingerprint density at radius 3 is 2.33 bits per heavy atom. The van der Waals surface area contributed by atoms with Crippen LogP contribution >= 0.6 is 0 Å². The van der Waals surface area contributed by atoms with Crippen LogP contribution in [-0.2, 0) is 0 Å². The highest BCUT2D eigenvalue weighted by Gasteiger charge is 2.50. The van der Waals surface area contributed by atoms with Crippen molar-refractivity contribution in [1.29, 1.82) is 0 Å². The Labute approximate surface area is 53.2 Å². The van der Waals surface area contributed by atoms with Gasteiger partial charge in [-0.25, -0.2) is 8.78 Å². The summed E-state index contributed by atoms with van der Waals surface area (Å²) in [5.74, 6) is -2.84. The van der Waals surface area contributed by atoms with Gasteiger partial charge in [0.05, 0.1) is 0 Å². The molecule has 0 aromatic heterocycles. The molecule has 0 aliphatic heterocycles. The van der Waals surface area contributed by atoms with Crippen LogP contribution in [0.25, 0.3) is 0 Å². The Hall–Kier alpha value is -0.180. The van der Waals surface area contributed by atoms with Crippen molar-refractivity contribution in [3.8, 4) is 0 Å². The summed E-state index contributed by atoms with van der Waals surface area (Å²) in [5.41, 5.74) is 5.19. The Kier molecular flexibility index (Phi) is 1.47. The summed E-state index contributed by atoms with van der Waals surface area (Å²) < 4.78 is 24.6. The maximum atomic E-state index is 12.3. The molecule has 0 radical (unpaired) electrons. The van der Waals surface area contributed by atoms with Crippen molar-refractivity contribution in [3.63, 3.8) is 0 Å². The van der Waals surface area contributed by atoms with Gasteiger partial charge >= 0.3 is 0 Å². The highest BCUT2D eigenvalue weighted by atomic mass is 19.3. The fourth-order valence-corrected chi connectivity index (χ4v) is 1.13. The molecular formula is C6H11F2N. The third-order valence-corrected chi connectivity index (χ3v) is 1.88. The standard InChI is InChI=1S/C6H11F2N/c1-6(7,8)5-2-4(5)3-9/h4-5H,2-3,9H2,1H3/t4-,5+/m0/s1. The van der Waals surface area contributed by atoms with Crippen LogP contribution in [0.3, 0.4) is 0 Å². The van der Waals surface area contributed by atoms with Gasteiger partial charge in [-0.05, 0) is 25.8 Å². The largest absolute Gasteiger partial charge is 0.330 e. The molecule has 1 rings (SSSR count). The first-order chi connectivity index (χ1) is 4.05. The van der Waals surface area contributed by atoms with Crippen molar-refractivity contribution >= 4 is 0 Å². The van der Waals surface area contributed by atoms with E-state index < -0.39 is 11.8 Å². The predicted octanol–water partition coefficient (Wildman–Crippen LogP) is 1.24. The first-order valence-electron chi connectivity index (χ1n) is 3.13. The van der Waals surface area contributed by atoms with Gasteiger partial charge in [-0.15, -0.1) is 0 Å². The second-order valence-electron chi connectivity index (χ2n) is 2.79. The number of alkyl halides is 2. The second kappa shape index (κ2) is 1.90. The summed E-state index contributed by atoms with van der Waals surface area (Å²) in [6, 6.07) is 0. The third kappa shape index (κ3) is 1.39. The van der Waals surface area contributed by atoms with E-state index >= 15 is 0 Å². The predicted molar refractivity (Wildman–Crippen MR) is 31.3 cm³/mol. The SMILES string of the molecule is CC(F)(F)[C@@H]1C[C@H]1CN. The van der Waals surface area contributed by atoms with Gasteiger partial charge in [-0.1, -0.05) is 0 Å². The number of nitrogens with two attached hydrogens (primary N) is 1. The van der Waals surface area contributed by atoms with Gasteiger partial charge in [-0.3, -0.25) is 0 Å². The zero-order valence-electron chi connectivity index (χ0n) is 5.40. The monoisotopic (exact) mass is 135 g/mol. The molecular weight excluding hydrogens is 124 g/mol. The number of rotatable bonds is 2. The highest BCUT2D eigenvalue weighted by molar-refractivity contribution is 4.94. The minimum absolute atomic E-state index is 0.0880. The number of hydrogen-bond donors (Lipinski definition) is 1. The zero-order chi connectivity index (χ0) is 7.07. The van der Waals surface area contributed by atoms with E-state index in [1.807, 2.05) is 0 Å². The second-order valence-corrected chi connectivity index (χ2v) is 2.79. The Bertz CT molecular complexity index is 108. The molecule has 0 unspecified atom stereocenters. The lowest BCUT2D eigenvalue weighted by Crippen LogP contribution is -2.16. The lowest BCUT2D eigenvalue weighted by Gasteiger charge is -2.07. The van der Waals surface area contributed by atoms with Crippen molar-refractivity contribution in [2.45, 2.75) is 19.3 Å². The van der Waals surface area contributed by atoms with E-state index in [0.717, 1.165) is 6.92 Å². The summed E-state index contributed by atoms with van der Waals surface area (Å²) in [6.07, 6.45) is 0.611. The van der Waals surface area contributed by atoms with Gasteiger partial charge in [-0.2, -0.15) is 0 Å². The van der Waals surface area contributed by atoms with Crippen molar-refractivity contribution in [2.24, 2.45) is 17.6 Å². The van der Waals surface area contributed by atoms with Crippen LogP contribution in [0.15, 0.2) is 0 Å². The quantitative estimate of drug-likeness (QED) is 0.605. The van der Waals surface area contributed by atoms with Crippen LogP contribution in [0, 0.1) is 11.8 Å². The molecule has 2 N–H and O–H groups in total. The van der Waals surface area contributed by atoms with Crippen LogP contribution < -0.4 is 5.73 Å². The van der Waals surface area contributed by atoms with Gasteiger partial charge < -0.3 is 5.73 Å². The number of halogens is 2. The van der Waals surface area contributed by atoms with Crippen LogP contribution in [0.1, 0.15) is 13.3 Å². The van der Waals surface area contributed by atoms with Crippen molar-refractivity contribution < 1.29 is 8.78 Å². The average Bonchev–Trinajstić information content (AvgIpc) is 2.39. The smallest absolute Gasteiger partial charge is 0.248 e. The van der Waals surface area contributed by atoms with Crippen molar-refractivity contribution in [3.05, 3.63) is 0 Å². The molecule has 0 bridgehead atoms. The van der Waals surface area contributed by atoms with E-state index in [9.17, 15) is 8.78 Å². The van der Waals surface area contributed by atoms with E-state index in [2.05, 4.69) is 0 Å². The molecule has 54 valence electrons. The Morgan fingerprint density at radius 1 is 1.67 bits per heavy atom. The normalized spacial score (nSPS) is 34.7. The minimum Gasteiger partial charge on any atom is -0.330 e. The molecule has 2 atom stereocenters. The van der Waals surface area contributed by atoms with Gasteiger partial charge in [0.1, 0.15) is 0 Å². The molecule has 0 amide bonds. The average molecular weight is 135 g/mol. The number of hydrogen-bond acceptors (Lipinski definition) is 1. The van der Waals surface area contributed by atoms with Crippen LogP contribution in [0.5, 0.6) is 0 Å². The minimum atomic E-state index is -2.50. The first-order valence-corrected chi connectivity index (χ1v) is 3.13. The highest BCUT2D eigenvalue weighted by Crippen LogP contribution is 2.48. The van der Waals surface area contributed by atoms with Gasteiger partial charge in [0.15, 0.2) is 0 Å². The van der Waals surface area contributed by atoms with Gasteiger partial charge in [0.2, 0.25) is 5.92 Å². The van der Waals surface area contributed by atoms with Crippen LogP contribution in [-0.4, -0.2) is 12.5 Å². The molecule has 0 aromatic rings. The molecule has 1 aliphatic rings. The zero-order valence-corrected chi connectivity index (χ0v) is 5.40. The molecule has 0 heterocycles. The van der Waals surface area contributed by atoms with Crippen molar-refractivity contribution in [2.75, 3.05) is 6.54 Å². The molecule has 1 nitrogen and oxygen atoms in total. The maximum absolute atomic E-state index is 12.3. The summed E-state index contributed by atoms with van der Waals surface area (Å²) in [7, 11) is 0. The van der Waals surface area contributed by atoms with Crippen molar-refractivity contribution in [1.82, 2.24) is 0 Å². The van der Waals surface area contributed by atoms with E-state index in [-0.39, 0.29) is 5.92 Å². The molecule has 3 heteroatoms. The molecule has 1 fully saturated rings. The van der Waals surface area contributed by atoms with E-state index in [0.29, 0.717) is 13.0 Å². The summed E-state index contributed by atoms with van der Waals surface area (Å²) in [6.45, 7) is 1.38. The fourth-order valence-electron chi connectivity index (χ4n) is 1.13. The molecule has 1 saturated carbocycles. The van der Waals surface area contributed by atoms with Crippen LogP contribution in [0.2, 0.25) is 0 Å². The molecule has 0 saturated heterocycles. The Morgan fingerprint density at radius 2 is 2.22 bits per heavy atom. The maximum Gasteiger partial charge on any atom is 0.248 e. The topological polar surface area (TPSA) is 26.0 Å². The van der Waals surface area contributed by atoms with Gasteiger partial charge in [0.25, 0.3) is 0 Å². The van der Waals surface area contributed by atoms with E-state index in [1.165, 1.54) is 0 Å². The first kappa shape index (κ1) is 6.93. The summed E-state index contributed by atoms with van der Waals surface area (Å²) >= 11 is 0. The lowest BCUT2D eigenvalue weighted by atomic mass is 10.2. The molecule has 9 heavy (non-hydrogen) atoms. The fraction of sp³-hybridized carbons (Fsp3) is 1.00. The van der Waals surface area contributed by atoms with Gasteiger partial charge in [0, 0.05) is 5.92 Å². The third-order valence-electron chi connectivity index (χ3n) is 1.88. The van der Waals surface area contributed by atoms with E-state index in [4.69, 9.17) is 5.73 Å². The molecule has 0 aromatic carbocycles. The molecule has 1 aliphatic carbocycles. The summed E-state index contributed by atoms with van der Waals surface area (Å²) in [4.78, 5) is 0. The summed E-state index contributed by atoms with van der Waals surface area (Å²) in [5, 5.41) is 0.